The molecule has 0 unspecified atom stereocenters. The standard InChI is InChI=1S/C12H20N2OS/c1-10(2)8-14-12-7-11(3-4-13-12)9-16-6-5-15/h3-4,7,10,15H,5-6,8-9H2,1-2H3,(H,13,14). The highest BCUT2D eigenvalue weighted by molar-refractivity contribution is 7.98. The molecule has 16 heavy (non-hydrogen) atoms. The van der Waals surface area contributed by atoms with Gasteiger partial charge in [-0.05, 0) is 23.6 Å². The molecule has 0 bridgehead atoms. The number of nitrogens with one attached hydrogen (secondary N) is 1. The van der Waals surface area contributed by atoms with Crippen molar-refractivity contribution < 1.29 is 5.11 Å². The summed E-state index contributed by atoms with van der Waals surface area (Å²) in [4.78, 5) is 4.27. The molecule has 0 saturated carbocycles. The molecule has 3 nitrogen and oxygen atoms in total. The highest BCUT2D eigenvalue weighted by atomic mass is 32.2. The fourth-order valence-corrected chi connectivity index (χ4v) is 1.91. The Morgan fingerprint density at radius 3 is 3.00 bits per heavy atom. The maximum atomic E-state index is 8.70. The number of anilines is 1. The normalized spacial score (nSPS) is 10.8. The van der Waals surface area contributed by atoms with E-state index in [4.69, 9.17) is 5.11 Å². The van der Waals surface area contributed by atoms with Gasteiger partial charge in [-0.15, -0.1) is 0 Å². The summed E-state index contributed by atoms with van der Waals surface area (Å²) in [6.45, 7) is 5.54. The Kier molecular flexibility index (Phi) is 6.26. The van der Waals surface area contributed by atoms with Crippen LogP contribution in [0.1, 0.15) is 19.4 Å². The van der Waals surface area contributed by atoms with Gasteiger partial charge < -0.3 is 10.4 Å². The highest BCUT2D eigenvalue weighted by Crippen LogP contribution is 2.14. The van der Waals surface area contributed by atoms with E-state index >= 15 is 0 Å². The zero-order valence-corrected chi connectivity index (χ0v) is 10.8. The number of thioether (sulfide) groups is 1. The lowest BCUT2D eigenvalue weighted by molar-refractivity contribution is 0.322. The molecule has 0 aromatic carbocycles. The maximum absolute atomic E-state index is 8.70. The Labute approximate surface area is 102 Å². The van der Waals surface area contributed by atoms with Crippen LogP contribution >= 0.6 is 11.8 Å². The molecule has 1 aromatic heterocycles. The molecule has 4 heteroatoms. The van der Waals surface area contributed by atoms with Crippen LogP contribution in [0.3, 0.4) is 0 Å². The number of aliphatic hydroxyl groups is 1. The van der Waals surface area contributed by atoms with Crippen molar-refractivity contribution in [2.75, 3.05) is 24.2 Å². The average Bonchev–Trinajstić information content (AvgIpc) is 2.27. The molecule has 0 saturated heterocycles. The van der Waals surface area contributed by atoms with Crippen molar-refractivity contribution in [3.05, 3.63) is 23.9 Å². The summed E-state index contributed by atoms with van der Waals surface area (Å²) in [5.41, 5.74) is 1.25. The van der Waals surface area contributed by atoms with Crippen LogP contribution in [0.25, 0.3) is 0 Å². The molecule has 0 amide bonds. The molecule has 0 fully saturated rings. The third-order valence-electron chi connectivity index (χ3n) is 2.02. The zero-order chi connectivity index (χ0) is 11.8. The number of hydrogen-bond acceptors (Lipinski definition) is 4. The van der Waals surface area contributed by atoms with Crippen LogP contribution in [0, 0.1) is 5.92 Å². The van der Waals surface area contributed by atoms with Crippen LogP contribution in [0.15, 0.2) is 18.3 Å². The Balaban J connectivity index is 2.43. The fourth-order valence-electron chi connectivity index (χ4n) is 1.22. The van der Waals surface area contributed by atoms with E-state index < -0.39 is 0 Å². The van der Waals surface area contributed by atoms with E-state index in [9.17, 15) is 0 Å². The van der Waals surface area contributed by atoms with Gasteiger partial charge in [-0.2, -0.15) is 11.8 Å². The summed E-state index contributed by atoms with van der Waals surface area (Å²) < 4.78 is 0. The quantitative estimate of drug-likeness (QED) is 0.718. The first kappa shape index (κ1) is 13.3. The van der Waals surface area contributed by atoms with Gasteiger partial charge in [0.2, 0.25) is 0 Å². The van der Waals surface area contributed by atoms with Crippen molar-refractivity contribution in [3.63, 3.8) is 0 Å². The van der Waals surface area contributed by atoms with E-state index in [1.807, 2.05) is 12.3 Å². The van der Waals surface area contributed by atoms with Gasteiger partial charge in [0, 0.05) is 24.2 Å². The van der Waals surface area contributed by atoms with Crippen molar-refractivity contribution in [1.82, 2.24) is 4.98 Å². The van der Waals surface area contributed by atoms with Crippen LogP contribution in [0.4, 0.5) is 5.82 Å². The monoisotopic (exact) mass is 240 g/mol. The SMILES string of the molecule is CC(C)CNc1cc(CSCCO)ccn1. The molecule has 0 atom stereocenters. The van der Waals surface area contributed by atoms with E-state index in [0.717, 1.165) is 23.9 Å². The Hall–Kier alpha value is -0.740. The maximum Gasteiger partial charge on any atom is 0.126 e. The summed E-state index contributed by atoms with van der Waals surface area (Å²) in [5, 5.41) is 12.0. The van der Waals surface area contributed by atoms with Gasteiger partial charge in [0.25, 0.3) is 0 Å². The molecule has 0 aliphatic carbocycles. The first-order valence-corrected chi connectivity index (χ1v) is 6.75. The van der Waals surface area contributed by atoms with Crippen molar-refractivity contribution in [2.24, 2.45) is 5.92 Å². The van der Waals surface area contributed by atoms with E-state index in [2.05, 4.69) is 30.2 Å². The van der Waals surface area contributed by atoms with Crippen molar-refractivity contribution >= 4 is 17.6 Å². The van der Waals surface area contributed by atoms with Gasteiger partial charge in [0.1, 0.15) is 5.82 Å². The molecule has 90 valence electrons. The van der Waals surface area contributed by atoms with Gasteiger partial charge in [-0.25, -0.2) is 4.98 Å². The number of pyridine rings is 1. The average molecular weight is 240 g/mol. The molecule has 1 rings (SSSR count). The van der Waals surface area contributed by atoms with Crippen LogP contribution < -0.4 is 5.32 Å². The summed E-state index contributed by atoms with van der Waals surface area (Å²) in [5.74, 6) is 3.28. The van der Waals surface area contributed by atoms with Gasteiger partial charge >= 0.3 is 0 Å². The minimum atomic E-state index is 0.244. The fraction of sp³-hybridized carbons (Fsp3) is 0.583. The molecule has 0 aliphatic rings. The summed E-state index contributed by atoms with van der Waals surface area (Å²) in [7, 11) is 0. The third kappa shape index (κ3) is 5.37. The van der Waals surface area contributed by atoms with Crippen molar-refractivity contribution in [2.45, 2.75) is 19.6 Å². The van der Waals surface area contributed by atoms with E-state index in [1.165, 1.54) is 5.56 Å². The minimum absolute atomic E-state index is 0.244. The Morgan fingerprint density at radius 1 is 1.50 bits per heavy atom. The van der Waals surface area contributed by atoms with Gasteiger partial charge in [0.05, 0.1) is 6.61 Å². The molecule has 0 spiro atoms. The van der Waals surface area contributed by atoms with E-state index in [1.54, 1.807) is 11.8 Å². The predicted molar refractivity (Wildman–Crippen MR) is 70.8 cm³/mol. The molecule has 1 heterocycles. The highest BCUT2D eigenvalue weighted by Gasteiger charge is 1.99. The van der Waals surface area contributed by atoms with Crippen molar-refractivity contribution in [3.8, 4) is 0 Å². The zero-order valence-electron chi connectivity index (χ0n) is 9.94. The van der Waals surface area contributed by atoms with Gasteiger partial charge in [-0.3, -0.25) is 0 Å². The van der Waals surface area contributed by atoms with Crippen molar-refractivity contribution in [1.29, 1.82) is 0 Å². The van der Waals surface area contributed by atoms with Crippen LogP contribution in [-0.4, -0.2) is 29.0 Å². The first-order chi connectivity index (χ1) is 7.72. The summed E-state index contributed by atoms with van der Waals surface area (Å²) in [6, 6.07) is 4.09. The largest absolute Gasteiger partial charge is 0.396 e. The summed E-state index contributed by atoms with van der Waals surface area (Å²) in [6.07, 6.45) is 1.83. The second-order valence-electron chi connectivity index (χ2n) is 4.10. The van der Waals surface area contributed by atoms with E-state index in [-0.39, 0.29) is 6.61 Å². The smallest absolute Gasteiger partial charge is 0.126 e. The molecule has 0 aliphatic heterocycles. The molecule has 1 aromatic rings. The molecule has 2 N–H and O–H groups in total. The van der Waals surface area contributed by atoms with Gasteiger partial charge in [-0.1, -0.05) is 13.8 Å². The third-order valence-corrected chi connectivity index (χ3v) is 3.03. The number of hydrogen-bond donors (Lipinski definition) is 2. The first-order valence-electron chi connectivity index (χ1n) is 5.59. The van der Waals surface area contributed by atoms with E-state index in [0.29, 0.717) is 5.92 Å². The molecular weight excluding hydrogens is 220 g/mol. The summed E-state index contributed by atoms with van der Waals surface area (Å²) >= 11 is 1.73. The number of aliphatic hydroxyl groups excluding tert-OH is 1. The lowest BCUT2D eigenvalue weighted by Gasteiger charge is -2.09. The predicted octanol–water partition coefficient (Wildman–Crippen LogP) is 2.38. The minimum Gasteiger partial charge on any atom is -0.396 e. The molecule has 0 radical (unpaired) electrons. The number of aromatic nitrogens is 1. The van der Waals surface area contributed by atoms with Crippen LogP contribution in [-0.2, 0) is 5.75 Å². The van der Waals surface area contributed by atoms with Gasteiger partial charge in [0.15, 0.2) is 0 Å². The topological polar surface area (TPSA) is 45.1 Å². The Bertz CT molecular complexity index is 305. The second kappa shape index (κ2) is 7.52. The lowest BCUT2D eigenvalue weighted by Crippen LogP contribution is -2.09. The Morgan fingerprint density at radius 2 is 2.31 bits per heavy atom. The number of nitrogens with zero attached hydrogens (tertiary/aromatic N) is 1. The number of rotatable bonds is 7. The molecular formula is C12H20N2OS. The van der Waals surface area contributed by atoms with Crippen LogP contribution in [0.5, 0.6) is 0 Å². The lowest BCUT2D eigenvalue weighted by atomic mass is 10.2. The second-order valence-corrected chi connectivity index (χ2v) is 5.21. The van der Waals surface area contributed by atoms with Crippen LogP contribution in [0.2, 0.25) is 0 Å².